The summed E-state index contributed by atoms with van der Waals surface area (Å²) in [7, 11) is 1.54. The fourth-order valence-electron chi connectivity index (χ4n) is 2.08. The largest absolute Gasteiger partial charge is 0.493 e. The lowest BCUT2D eigenvalue weighted by atomic mass is 10.2. The molecule has 0 N–H and O–H groups in total. The molecule has 0 aliphatic rings. The molecule has 1 aromatic heterocycles. The van der Waals surface area contributed by atoms with Gasteiger partial charge in [-0.3, -0.25) is 0 Å². The maximum atomic E-state index is 13.7. The average molecular weight is 405 g/mol. The molecule has 128 valence electrons. The van der Waals surface area contributed by atoms with E-state index in [1.165, 1.54) is 23.4 Å². The molecule has 0 atom stereocenters. The number of hydrogen-bond acceptors (Lipinski definition) is 5. The second-order valence-corrected chi connectivity index (χ2v) is 5.85. The highest BCUT2D eigenvalue weighted by Crippen LogP contribution is 2.33. The molecule has 0 amide bonds. The van der Waals surface area contributed by atoms with Crippen molar-refractivity contribution in [2.75, 3.05) is 7.11 Å². The third kappa shape index (κ3) is 4.21. The van der Waals surface area contributed by atoms with Gasteiger partial charge >= 0.3 is 0 Å². The van der Waals surface area contributed by atoms with Crippen LogP contribution in [0.1, 0.15) is 11.1 Å². The van der Waals surface area contributed by atoms with E-state index in [-0.39, 0.29) is 12.4 Å². The van der Waals surface area contributed by atoms with Crippen molar-refractivity contribution in [1.29, 1.82) is 0 Å². The normalized spacial score (nSPS) is 11.0. The van der Waals surface area contributed by atoms with Crippen LogP contribution in [0.2, 0.25) is 0 Å². The van der Waals surface area contributed by atoms with Gasteiger partial charge in [0.2, 0.25) is 0 Å². The van der Waals surface area contributed by atoms with Crippen molar-refractivity contribution in [2.45, 2.75) is 6.61 Å². The summed E-state index contributed by atoms with van der Waals surface area (Å²) < 4.78 is 27.0. The van der Waals surface area contributed by atoms with Crippen LogP contribution in [-0.2, 0) is 6.61 Å². The van der Waals surface area contributed by atoms with Crippen molar-refractivity contribution in [3.8, 4) is 11.5 Å². The Labute approximate surface area is 152 Å². The highest BCUT2D eigenvalue weighted by molar-refractivity contribution is 9.10. The van der Waals surface area contributed by atoms with Crippen LogP contribution in [0.4, 0.5) is 4.39 Å². The summed E-state index contributed by atoms with van der Waals surface area (Å²) in [5.74, 6) is 0.710. The predicted molar refractivity (Wildman–Crippen MR) is 94.4 cm³/mol. The van der Waals surface area contributed by atoms with Crippen LogP contribution in [0.5, 0.6) is 11.5 Å². The number of halogens is 2. The van der Waals surface area contributed by atoms with Crippen molar-refractivity contribution in [1.82, 2.24) is 14.9 Å². The third-order valence-electron chi connectivity index (χ3n) is 3.36. The minimum absolute atomic E-state index is 0.101. The van der Waals surface area contributed by atoms with E-state index in [1.54, 1.807) is 43.7 Å². The highest BCUT2D eigenvalue weighted by Gasteiger charge is 2.11. The lowest BCUT2D eigenvalue weighted by Gasteiger charge is -2.13. The van der Waals surface area contributed by atoms with Crippen LogP contribution in [0.3, 0.4) is 0 Å². The van der Waals surface area contributed by atoms with Crippen LogP contribution in [0.15, 0.2) is 58.6 Å². The summed E-state index contributed by atoms with van der Waals surface area (Å²) in [5, 5.41) is 11.6. The second kappa shape index (κ2) is 7.89. The van der Waals surface area contributed by atoms with Gasteiger partial charge in [0.25, 0.3) is 0 Å². The first-order valence-corrected chi connectivity index (χ1v) is 8.09. The van der Waals surface area contributed by atoms with Gasteiger partial charge in [-0.1, -0.05) is 18.2 Å². The fraction of sp³-hybridized carbons (Fsp3) is 0.118. The third-order valence-corrected chi connectivity index (χ3v) is 4.05. The molecular weight excluding hydrogens is 391 g/mol. The number of methoxy groups -OCH3 is 1. The van der Waals surface area contributed by atoms with E-state index < -0.39 is 0 Å². The zero-order valence-corrected chi connectivity index (χ0v) is 14.9. The van der Waals surface area contributed by atoms with E-state index in [4.69, 9.17) is 9.47 Å². The molecule has 0 spiro atoms. The lowest BCUT2D eigenvalue weighted by Crippen LogP contribution is -2.01. The Hall–Kier alpha value is -2.74. The van der Waals surface area contributed by atoms with Crippen molar-refractivity contribution in [3.63, 3.8) is 0 Å². The number of nitrogens with zero attached hydrogens (tertiary/aromatic N) is 4. The van der Waals surface area contributed by atoms with Gasteiger partial charge in [-0.2, -0.15) is 5.10 Å². The molecule has 3 rings (SSSR count). The molecule has 0 radical (unpaired) electrons. The molecule has 1 heterocycles. The predicted octanol–water partition coefficient (Wildman–Crippen LogP) is 3.65. The summed E-state index contributed by atoms with van der Waals surface area (Å²) in [6.07, 6.45) is 4.59. The zero-order valence-electron chi connectivity index (χ0n) is 13.3. The first-order valence-electron chi connectivity index (χ1n) is 7.30. The summed E-state index contributed by atoms with van der Waals surface area (Å²) in [6.45, 7) is 0.101. The van der Waals surface area contributed by atoms with E-state index in [0.717, 1.165) is 10.0 Å². The molecule has 3 aromatic rings. The van der Waals surface area contributed by atoms with Crippen molar-refractivity contribution in [2.24, 2.45) is 5.10 Å². The Morgan fingerprint density at radius 2 is 1.96 bits per heavy atom. The minimum atomic E-state index is -0.307. The molecule has 25 heavy (non-hydrogen) atoms. The molecular formula is C17H14BrFN4O2. The first kappa shape index (κ1) is 17.1. The van der Waals surface area contributed by atoms with E-state index in [0.29, 0.717) is 17.1 Å². The molecule has 0 aliphatic carbocycles. The molecule has 0 fully saturated rings. The van der Waals surface area contributed by atoms with Gasteiger partial charge in [-0.05, 0) is 34.1 Å². The molecule has 6 nitrogen and oxygen atoms in total. The summed E-state index contributed by atoms with van der Waals surface area (Å²) in [4.78, 5) is 0. The quantitative estimate of drug-likeness (QED) is 0.588. The Bertz CT molecular complexity index is 884. The molecule has 2 aromatic carbocycles. The van der Waals surface area contributed by atoms with Crippen molar-refractivity contribution >= 4 is 22.1 Å². The molecule has 8 heteroatoms. The smallest absolute Gasteiger partial charge is 0.162 e. The van der Waals surface area contributed by atoms with E-state index in [2.05, 4.69) is 31.2 Å². The molecule has 0 saturated carbocycles. The van der Waals surface area contributed by atoms with E-state index >= 15 is 0 Å². The monoisotopic (exact) mass is 404 g/mol. The Morgan fingerprint density at radius 3 is 2.68 bits per heavy atom. The van der Waals surface area contributed by atoms with Crippen LogP contribution < -0.4 is 9.47 Å². The highest BCUT2D eigenvalue weighted by atomic mass is 79.9. The molecule has 0 saturated heterocycles. The van der Waals surface area contributed by atoms with Crippen molar-refractivity contribution in [3.05, 3.63) is 70.5 Å². The number of rotatable bonds is 6. The van der Waals surface area contributed by atoms with Gasteiger partial charge < -0.3 is 9.47 Å². The minimum Gasteiger partial charge on any atom is -0.493 e. The Balaban J connectivity index is 1.80. The van der Waals surface area contributed by atoms with Crippen LogP contribution in [0, 0.1) is 5.82 Å². The van der Waals surface area contributed by atoms with Crippen LogP contribution in [0.25, 0.3) is 0 Å². The van der Waals surface area contributed by atoms with Gasteiger partial charge in [-0.25, -0.2) is 9.07 Å². The lowest BCUT2D eigenvalue weighted by molar-refractivity contribution is 0.279. The van der Waals surface area contributed by atoms with Crippen LogP contribution in [-0.4, -0.2) is 28.2 Å². The standard InChI is InChI=1S/C17H14BrFN4O2/c1-24-16-6-13(8-22-23-10-20-21-11-23)14(18)7-17(16)25-9-12-4-2-3-5-15(12)19/h2-8,10-11H,9H2,1H3/b22-8-. The maximum absolute atomic E-state index is 13.7. The zero-order chi connectivity index (χ0) is 17.6. The summed E-state index contributed by atoms with van der Waals surface area (Å²) >= 11 is 3.47. The maximum Gasteiger partial charge on any atom is 0.162 e. The average Bonchev–Trinajstić information content (AvgIpc) is 3.13. The number of aromatic nitrogens is 3. The number of benzene rings is 2. The topological polar surface area (TPSA) is 61.5 Å². The Morgan fingerprint density at radius 1 is 1.20 bits per heavy atom. The number of hydrogen-bond donors (Lipinski definition) is 0. The first-order chi connectivity index (χ1) is 12.2. The van der Waals surface area contributed by atoms with Crippen LogP contribution >= 0.6 is 15.9 Å². The fourth-order valence-corrected chi connectivity index (χ4v) is 2.50. The SMILES string of the molecule is COc1cc(/C=N\n2cnnc2)c(Br)cc1OCc1ccccc1F. The van der Waals surface area contributed by atoms with Gasteiger partial charge in [0.15, 0.2) is 11.5 Å². The van der Waals surface area contributed by atoms with Crippen molar-refractivity contribution < 1.29 is 13.9 Å². The van der Waals surface area contributed by atoms with E-state index in [1.807, 2.05) is 0 Å². The Kier molecular flexibility index (Phi) is 5.39. The molecule has 0 bridgehead atoms. The van der Waals surface area contributed by atoms with Gasteiger partial charge in [-0.15, -0.1) is 10.2 Å². The van der Waals surface area contributed by atoms with Gasteiger partial charge in [0.1, 0.15) is 25.1 Å². The summed E-state index contributed by atoms with van der Waals surface area (Å²) in [5.41, 5.74) is 1.25. The molecule has 0 unspecified atom stereocenters. The second-order valence-electron chi connectivity index (χ2n) is 4.99. The van der Waals surface area contributed by atoms with E-state index in [9.17, 15) is 4.39 Å². The molecule has 0 aliphatic heterocycles. The number of ether oxygens (including phenoxy) is 2. The summed E-state index contributed by atoms with van der Waals surface area (Å²) in [6, 6.07) is 10.0. The van der Waals surface area contributed by atoms with Gasteiger partial charge in [0.05, 0.1) is 13.3 Å². The van der Waals surface area contributed by atoms with Gasteiger partial charge in [0, 0.05) is 15.6 Å².